The average Bonchev–Trinajstić information content (AvgIpc) is 3.09. The molecule has 0 aliphatic heterocycles. The average molecular weight is 300 g/mol. The van der Waals surface area contributed by atoms with Crippen molar-refractivity contribution in [3.8, 4) is 11.3 Å². The highest BCUT2D eigenvalue weighted by Gasteiger charge is 2.12. The molecule has 0 spiro atoms. The van der Waals surface area contributed by atoms with Gasteiger partial charge in [-0.05, 0) is 6.92 Å². The van der Waals surface area contributed by atoms with E-state index in [0.29, 0.717) is 16.6 Å². The maximum absolute atomic E-state index is 11.9. The van der Waals surface area contributed by atoms with Gasteiger partial charge in [0.15, 0.2) is 0 Å². The van der Waals surface area contributed by atoms with Crippen molar-refractivity contribution in [2.75, 3.05) is 5.32 Å². The number of nitrogens with zero attached hydrogens (tertiary/aromatic N) is 3. The Labute approximate surface area is 124 Å². The zero-order valence-corrected chi connectivity index (χ0v) is 12.1. The molecule has 1 amide bonds. The first-order valence-electron chi connectivity index (χ1n) is 6.32. The number of carbonyl (C=O) groups excluding carboxylic acids is 1. The fraction of sp³-hybridized carbons (Fsp3) is 0.143. The van der Waals surface area contributed by atoms with Crippen molar-refractivity contribution in [3.05, 3.63) is 47.2 Å². The predicted octanol–water partition coefficient (Wildman–Crippen LogP) is 2.68. The van der Waals surface area contributed by atoms with Crippen LogP contribution in [0, 0.1) is 6.92 Å². The van der Waals surface area contributed by atoms with E-state index in [1.807, 2.05) is 37.3 Å². The number of aromatic nitrogens is 3. The topological polar surface area (TPSA) is 80.9 Å². The van der Waals surface area contributed by atoms with Crippen LogP contribution >= 0.6 is 11.3 Å². The van der Waals surface area contributed by atoms with Crippen LogP contribution in [0.5, 0.6) is 0 Å². The van der Waals surface area contributed by atoms with Gasteiger partial charge in [-0.15, -0.1) is 10.2 Å². The molecule has 21 heavy (non-hydrogen) atoms. The molecular weight excluding hydrogens is 288 g/mol. The van der Waals surface area contributed by atoms with Crippen LogP contribution in [0.2, 0.25) is 0 Å². The first kappa shape index (κ1) is 13.4. The number of hydrogen-bond donors (Lipinski definition) is 1. The second kappa shape index (κ2) is 5.84. The number of nitrogens with one attached hydrogen (secondary N) is 1. The summed E-state index contributed by atoms with van der Waals surface area (Å²) in [7, 11) is 0. The van der Waals surface area contributed by atoms with Gasteiger partial charge in [-0.2, -0.15) is 0 Å². The van der Waals surface area contributed by atoms with Gasteiger partial charge in [0.05, 0.1) is 6.42 Å². The Morgan fingerprint density at radius 3 is 2.81 bits per heavy atom. The Kier molecular flexibility index (Phi) is 3.74. The van der Waals surface area contributed by atoms with E-state index in [1.165, 1.54) is 11.3 Å². The summed E-state index contributed by atoms with van der Waals surface area (Å²) in [5, 5.41) is 15.6. The van der Waals surface area contributed by atoms with Crippen LogP contribution in [0.3, 0.4) is 0 Å². The highest BCUT2D eigenvalue weighted by atomic mass is 32.1. The molecule has 0 unspecified atom stereocenters. The highest BCUT2D eigenvalue weighted by molar-refractivity contribution is 7.15. The molecule has 3 aromatic rings. The summed E-state index contributed by atoms with van der Waals surface area (Å²) >= 11 is 1.33. The van der Waals surface area contributed by atoms with Crippen molar-refractivity contribution in [2.24, 2.45) is 0 Å². The maximum atomic E-state index is 11.9. The van der Waals surface area contributed by atoms with Gasteiger partial charge >= 0.3 is 0 Å². The minimum absolute atomic E-state index is 0.110. The van der Waals surface area contributed by atoms with Crippen molar-refractivity contribution in [3.63, 3.8) is 0 Å². The van der Waals surface area contributed by atoms with Crippen LogP contribution in [-0.4, -0.2) is 21.3 Å². The van der Waals surface area contributed by atoms with Crippen molar-refractivity contribution >= 4 is 22.4 Å². The van der Waals surface area contributed by atoms with E-state index in [9.17, 15) is 4.79 Å². The van der Waals surface area contributed by atoms with E-state index in [-0.39, 0.29) is 12.3 Å². The van der Waals surface area contributed by atoms with Crippen LogP contribution in [-0.2, 0) is 11.2 Å². The minimum atomic E-state index is -0.207. The van der Waals surface area contributed by atoms with Crippen LogP contribution in [0.4, 0.5) is 5.13 Å². The number of benzene rings is 1. The Morgan fingerprint density at radius 2 is 2.10 bits per heavy atom. The first-order chi connectivity index (χ1) is 10.2. The van der Waals surface area contributed by atoms with Crippen molar-refractivity contribution in [1.29, 1.82) is 0 Å². The molecule has 0 saturated carbocycles. The SMILES string of the molecule is Cc1nnc(NC(=O)Cc2cc(-c3ccccc3)no2)s1. The molecule has 106 valence electrons. The molecule has 0 fully saturated rings. The van der Waals surface area contributed by atoms with Gasteiger partial charge in [-0.1, -0.05) is 46.8 Å². The summed E-state index contributed by atoms with van der Waals surface area (Å²) in [4.78, 5) is 11.9. The molecule has 0 atom stereocenters. The Bertz CT molecular complexity index is 751. The van der Waals surface area contributed by atoms with E-state index in [0.717, 1.165) is 10.6 Å². The van der Waals surface area contributed by atoms with Crippen molar-refractivity contribution < 1.29 is 9.32 Å². The third kappa shape index (κ3) is 3.32. The molecule has 0 aliphatic rings. The third-order valence-corrected chi connectivity index (χ3v) is 3.49. The number of amides is 1. The van der Waals surface area contributed by atoms with E-state index >= 15 is 0 Å². The standard InChI is InChI=1S/C14H12N4O2S/c1-9-16-17-14(21-9)15-13(19)8-11-7-12(18-20-11)10-5-3-2-4-6-10/h2-7H,8H2,1H3,(H,15,17,19). The number of hydrogen-bond acceptors (Lipinski definition) is 6. The number of rotatable bonds is 4. The molecule has 3 rings (SSSR count). The molecule has 0 aliphatic carbocycles. The lowest BCUT2D eigenvalue weighted by molar-refractivity contribution is -0.115. The lowest BCUT2D eigenvalue weighted by atomic mass is 10.1. The van der Waals surface area contributed by atoms with Crippen LogP contribution in [0.25, 0.3) is 11.3 Å². The Hall–Kier alpha value is -2.54. The molecule has 2 heterocycles. The summed E-state index contributed by atoms with van der Waals surface area (Å²) in [5.74, 6) is 0.300. The number of carbonyl (C=O) groups is 1. The molecule has 0 bridgehead atoms. The summed E-state index contributed by atoms with van der Waals surface area (Å²) in [6, 6.07) is 11.4. The second-order valence-electron chi connectivity index (χ2n) is 4.40. The molecule has 0 radical (unpaired) electrons. The smallest absolute Gasteiger partial charge is 0.233 e. The largest absolute Gasteiger partial charge is 0.360 e. The summed E-state index contributed by atoms with van der Waals surface area (Å²) < 4.78 is 5.19. The van der Waals surface area contributed by atoms with Crippen molar-refractivity contribution in [1.82, 2.24) is 15.4 Å². The summed E-state index contributed by atoms with van der Waals surface area (Å²) in [6.07, 6.45) is 0.110. The van der Waals surface area contributed by atoms with Gasteiger partial charge < -0.3 is 9.84 Å². The molecule has 2 aromatic heterocycles. The fourth-order valence-corrected chi connectivity index (χ4v) is 2.42. The second-order valence-corrected chi connectivity index (χ2v) is 5.58. The van der Waals surface area contributed by atoms with Gasteiger partial charge in [0, 0.05) is 11.6 Å². The van der Waals surface area contributed by atoms with Gasteiger partial charge in [-0.25, -0.2) is 0 Å². The van der Waals surface area contributed by atoms with Crippen molar-refractivity contribution in [2.45, 2.75) is 13.3 Å². The molecule has 6 nitrogen and oxygen atoms in total. The summed E-state index contributed by atoms with van der Waals surface area (Å²) in [5.41, 5.74) is 1.66. The maximum Gasteiger partial charge on any atom is 0.233 e. The highest BCUT2D eigenvalue weighted by Crippen LogP contribution is 2.19. The molecule has 7 heteroatoms. The Balaban J connectivity index is 1.66. The van der Waals surface area contributed by atoms with E-state index in [4.69, 9.17) is 4.52 Å². The zero-order chi connectivity index (χ0) is 14.7. The quantitative estimate of drug-likeness (QED) is 0.801. The van der Waals surface area contributed by atoms with Crippen LogP contribution in [0.1, 0.15) is 10.8 Å². The third-order valence-electron chi connectivity index (χ3n) is 2.74. The Morgan fingerprint density at radius 1 is 1.29 bits per heavy atom. The molecule has 1 N–H and O–H groups in total. The first-order valence-corrected chi connectivity index (χ1v) is 7.13. The monoisotopic (exact) mass is 300 g/mol. The van der Waals surface area contributed by atoms with Gasteiger partial charge in [0.2, 0.25) is 11.0 Å². The van der Waals surface area contributed by atoms with Crippen LogP contribution in [0.15, 0.2) is 40.9 Å². The van der Waals surface area contributed by atoms with Gasteiger partial charge in [0.25, 0.3) is 0 Å². The number of anilines is 1. The lowest BCUT2D eigenvalue weighted by Gasteiger charge is -1.96. The van der Waals surface area contributed by atoms with Gasteiger partial charge in [-0.3, -0.25) is 4.79 Å². The molecular formula is C14H12N4O2S. The zero-order valence-electron chi connectivity index (χ0n) is 11.2. The van der Waals surface area contributed by atoms with E-state index in [2.05, 4.69) is 20.7 Å². The van der Waals surface area contributed by atoms with Gasteiger partial charge in [0.1, 0.15) is 16.5 Å². The lowest BCUT2D eigenvalue weighted by Crippen LogP contribution is -2.13. The fourth-order valence-electron chi connectivity index (χ4n) is 1.81. The van der Waals surface area contributed by atoms with E-state index < -0.39 is 0 Å². The predicted molar refractivity (Wildman–Crippen MR) is 78.9 cm³/mol. The normalized spacial score (nSPS) is 10.5. The molecule has 0 saturated heterocycles. The minimum Gasteiger partial charge on any atom is -0.360 e. The molecule has 1 aromatic carbocycles. The van der Waals surface area contributed by atoms with Crippen LogP contribution < -0.4 is 5.32 Å². The number of aryl methyl sites for hydroxylation is 1. The summed E-state index contributed by atoms with van der Waals surface area (Å²) in [6.45, 7) is 1.83. The van der Waals surface area contributed by atoms with E-state index in [1.54, 1.807) is 6.07 Å².